The molecule has 2 heterocycles. The molecule has 0 aliphatic carbocycles. The number of nitrogens with one attached hydrogen (secondary N) is 1. The maximum Gasteiger partial charge on any atom is 0.471 e. The number of fused-ring (bicyclic) bond motifs is 1. The van der Waals surface area contributed by atoms with E-state index in [0.717, 1.165) is 62.6 Å². The van der Waals surface area contributed by atoms with Gasteiger partial charge < -0.3 is 20.0 Å². The van der Waals surface area contributed by atoms with E-state index in [2.05, 4.69) is 15.1 Å². The third kappa shape index (κ3) is 7.79. The molecule has 0 aromatic heterocycles. The van der Waals surface area contributed by atoms with Crippen LogP contribution in [0.15, 0.2) is 18.2 Å². The molecular weight excluding hydrogens is 433 g/mol. The van der Waals surface area contributed by atoms with Crippen LogP contribution < -0.4 is 5.32 Å². The number of hydrogen-bond donors (Lipinski definition) is 1. The Morgan fingerprint density at radius 2 is 1.67 bits per heavy atom. The predicted octanol–water partition coefficient (Wildman–Crippen LogP) is 2.37. The largest absolute Gasteiger partial charge is 0.471 e. The first-order valence-corrected chi connectivity index (χ1v) is 11.9. The topological polar surface area (TPSA) is 55.9 Å². The van der Waals surface area contributed by atoms with Gasteiger partial charge in [0.2, 0.25) is 0 Å². The van der Waals surface area contributed by atoms with Gasteiger partial charge in [0.1, 0.15) is 0 Å². The smallest absolute Gasteiger partial charge is 0.335 e. The minimum absolute atomic E-state index is 0.0463. The van der Waals surface area contributed by atoms with Crippen molar-refractivity contribution in [1.82, 2.24) is 20.0 Å². The number of hydrogen-bond acceptors (Lipinski definition) is 5. The number of piperazine rings is 1. The number of Topliss-reactive ketones (excluding diaryl/α,β-unsaturated/α-hetero) is 1. The summed E-state index contributed by atoms with van der Waals surface area (Å²) >= 11 is 0. The van der Waals surface area contributed by atoms with E-state index in [1.165, 1.54) is 5.56 Å². The van der Waals surface area contributed by atoms with Crippen LogP contribution in [-0.4, -0.2) is 98.5 Å². The monoisotopic (exact) mass is 468 g/mol. The second kappa shape index (κ2) is 11.9. The van der Waals surface area contributed by atoms with Gasteiger partial charge in [0.25, 0.3) is 0 Å². The number of nitrogens with zero attached hydrogens (tertiary/aromatic N) is 3. The van der Waals surface area contributed by atoms with Gasteiger partial charge >= 0.3 is 12.1 Å². The maximum absolute atomic E-state index is 13.1. The van der Waals surface area contributed by atoms with E-state index in [9.17, 15) is 22.8 Å². The van der Waals surface area contributed by atoms with Crippen LogP contribution in [0.4, 0.5) is 13.2 Å². The third-order valence-corrected chi connectivity index (χ3v) is 6.53. The lowest BCUT2D eigenvalue weighted by molar-refractivity contribution is -0.185. The second-order valence-corrected chi connectivity index (χ2v) is 9.05. The molecule has 1 aromatic rings. The normalized spacial score (nSPS) is 17.9. The number of ketones is 1. The molecule has 0 atom stereocenters. The Kier molecular flexibility index (Phi) is 9.28. The molecule has 33 heavy (non-hydrogen) atoms. The average Bonchev–Trinajstić information content (AvgIpc) is 3.03. The highest BCUT2D eigenvalue weighted by atomic mass is 19.4. The molecule has 0 radical (unpaired) electrons. The van der Waals surface area contributed by atoms with Crippen molar-refractivity contribution in [3.63, 3.8) is 0 Å². The van der Waals surface area contributed by atoms with Crippen LogP contribution in [0.25, 0.3) is 0 Å². The Balaban J connectivity index is 1.50. The van der Waals surface area contributed by atoms with Gasteiger partial charge in [0.05, 0.1) is 0 Å². The summed E-state index contributed by atoms with van der Waals surface area (Å²) < 4.78 is 39.3. The standard InChI is InChI=1S/C24H35F3N4O2/c1-29-14-16-30(17-15-29)11-3-13-31(23(33)24(25,26)27)12-2-4-22(32)21-6-5-19-7-9-28-10-8-20(19)18-21/h5-6,18,28H,2-4,7-17H2,1H3. The second-order valence-electron chi connectivity index (χ2n) is 9.05. The lowest BCUT2D eigenvalue weighted by atomic mass is 9.97. The Morgan fingerprint density at radius 3 is 2.36 bits per heavy atom. The highest BCUT2D eigenvalue weighted by Gasteiger charge is 2.42. The van der Waals surface area contributed by atoms with Crippen LogP contribution in [0.2, 0.25) is 0 Å². The van der Waals surface area contributed by atoms with E-state index in [4.69, 9.17) is 0 Å². The molecule has 0 spiro atoms. The van der Waals surface area contributed by atoms with E-state index >= 15 is 0 Å². The van der Waals surface area contributed by atoms with Gasteiger partial charge in [-0.2, -0.15) is 13.2 Å². The summed E-state index contributed by atoms with van der Waals surface area (Å²) in [5.74, 6) is -1.90. The summed E-state index contributed by atoms with van der Waals surface area (Å²) in [6.45, 7) is 6.07. The summed E-state index contributed by atoms with van der Waals surface area (Å²) in [7, 11) is 2.05. The zero-order valence-electron chi connectivity index (χ0n) is 19.4. The summed E-state index contributed by atoms with van der Waals surface area (Å²) in [5, 5.41) is 3.33. The van der Waals surface area contributed by atoms with Gasteiger partial charge in [-0.05, 0) is 69.6 Å². The Bertz CT molecular complexity index is 807. The molecule has 0 unspecified atom stereocenters. The molecule has 9 heteroatoms. The van der Waals surface area contributed by atoms with E-state index in [-0.39, 0.29) is 31.7 Å². The first-order chi connectivity index (χ1) is 15.7. The molecular formula is C24H35F3N4O2. The zero-order chi connectivity index (χ0) is 23.8. The average molecular weight is 469 g/mol. The summed E-state index contributed by atoms with van der Waals surface area (Å²) in [6, 6.07) is 5.70. The number of amides is 1. The SMILES string of the molecule is CN1CCN(CCCN(CCCC(=O)c2ccc3c(c2)CCNCC3)C(=O)C(F)(F)F)CC1. The van der Waals surface area contributed by atoms with E-state index in [0.29, 0.717) is 18.5 Å². The molecule has 1 saturated heterocycles. The molecule has 2 aliphatic rings. The van der Waals surface area contributed by atoms with E-state index in [1.54, 1.807) is 6.07 Å². The molecule has 1 N–H and O–H groups in total. The highest BCUT2D eigenvalue weighted by molar-refractivity contribution is 5.96. The number of alkyl halides is 3. The third-order valence-electron chi connectivity index (χ3n) is 6.53. The number of likely N-dealkylation sites (N-methyl/N-ethyl adjacent to an activating group) is 1. The first-order valence-electron chi connectivity index (χ1n) is 11.9. The maximum atomic E-state index is 13.1. The van der Waals surface area contributed by atoms with Crippen LogP contribution in [0.5, 0.6) is 0 Å². The molecule has 3 rings (SSSR count). The fraction of sp³-hybridized carbons (Fsp3) is 0.667. The Hall–Kier alpha value is -1.97. The number of carbonyl (C=O) groups is 2. The van der Waals surface area contributed by atoms with Crippen molar-refractivity contribution in [1.29, 1.82) is 0 Å². The van der Waals surface area contributed by atoms with Crippen molar-refractivity contribution in [2.75, 3.05) is 66.0 Å². The van der Waals surface area contributed by atoms with Crippen LogP contribution in [-0.2, 0) is 17.6 Å². The predicted molar refractivity (Wildman–Crippen MR) is 121 cm³/mol. The Morgan fingerprint density at radius 1 is 1.00 bits per heavy atom. The molecule has 6 nitrogen and oxygen atoms in total. The molecule has 2 aliphatic heterocycles. The summed E-state index contributed by atoms with van der Waals surface area (Å²) in [4.78, 5) is 29.9. The fourth-order valence-electron chi connectivity index (χ4n) is 4.47. The minimum Gasteiger partial charge on any atom is -0.335 e. The lowest BCUT2D eigenvalue weighted by Gasteiger charge is -2.33. The van der Waals surface area contributed by atoms with Crippen molar-refractivity contribution in [3.05, 3.63) is 34.9 Å². The van der Waals surface area contributed by atoms with Crippen LogP contribution >= 0.6 is 0 Å². The van der Waals surface area contributed by atoms with Crippen molar-refractivity contribution in [2.24, 2.45) is 0 Å². The van der Waals surface area contributed by atoms with Crippen LogP contribution in [0, 0.1) is 0 Å². The van der Waals surface area contributed by atoms with Crippen LogP contribution in [0.3, 0.4) is 0 Å². The Labute approximate surface area is 194 Å². The fourth-order valence-corrected chi connectivity index (χ4v) is 4.47. The first kappa shape index (κ1) is 25.6. The number of carbonyl (C=O) groups excluding carboxylic acids is 2. The number of rotatable bonds is 9. The lowest BCUT2D eigenvalue weighted by Crippen LogP contribution is -2.46. The molecule has 0 bridgehead atoms. The van der Waals surface area contributed by atoms with Gasteiger partial charge in [-0.1, -0.05) is 12.1 Å². The number of benzene rings is 1. The van der Waals surface area contributed by atoms with Crippen molar-refractivity contribution in [2.45, 2.75) is 38.3 Å². The molecule has 1 amide bonds. The highest BCUT2D eigenvalue weighted by Crippen LogP contribution is 2.20. The summed E-state index contributed by atoms with van der Waals surface area (Å²) in [6.07, 6.45) is -2.30. The van der Waals surface area contributed by atoms with E-state index in [1.807, 2.05) is 19.2 Å². The van der Waals surface area contributed by atoms with Gasteiger partial charge in [-0.3, -0.25) is 9.59 Å². The quantitative estimate of drug-likeness (QED) is 0.564. The van der Waals surface area contributed by atoms with Gasteiger partial charge in [-0.15, -0.1) is 0 Å². The molecule has 1 aromatic carbocycles. The van der Waals surface area contributed by atoms with Gasteiger partial charge in [-0.25, -0.2) is 0 Å². The minimum atomic E-state index is -4.90. The molecule has 0 saturated carbocycles. The van der Waals surface area contributed by atoms with Crippen LogP contribution in [0.1, 0.15) is 40.7 Å². The number of halogens is 3. The molecule has 184 valence electrons. The molecule has 1 fully saturated rings. The van der Waals surface area contributed by atoms with Gasteiger partial charge in [0.15, 0.2) is 5.78 Å². The van der Waals surface area contributed by atoms with E-state index < -0.39 is 12.1 Å². The zero-order valence-corrected chi connectivity index (χ0v) is 19.4. The van der Waals surface area contributed by atoms with Crippen molar-refractivity contribution >= 4 is 11.7 Å². The summed E-state index contributed by atoms with van der Waals surface area (Å²) in [5.41, 5.74) is 2.99. The van der Waals surface area contributed by atoms with Crippen molar-refractivity contribution < 1.29 is 22.8 Å². The van der Waals surface area contributed by atoms with Gasteiger partial charge in [0, 0.05) is 51.3 Å². The van der Waals surface area contributed by atoms with Crippen molar-refractivity contribution in [3.8, 4) is 0 Å².